The second-order valence-electron chi connectivity index (χ2n) is 6.13. The SMILES string of the molecule is Cc1c(C#N)c2nc3ccccc3n2c(=O)c1=CNNc1ccc(F)c(Cl)c1. The van der Waals surface area contributed by atoms with Crippen LogP contribution in [0.2, 0.25) is 5.02 Å². The number of para-hydroxylation sites is 2. The molecule has 0 fully saturated rings. The first-order chi connectivity index (χ1) is 13.5. The zero-order valence-electron chi connectivity index (χ0n) is 14.6. The van der Waals surface area contributed by atoms with Crippen molar-refractivity contribution < 1.29 is 4.39 Å². The molecule has 4 aromatic rings. The Bertz CT molecular complexity index is 1390. The highest BCUT2D eigenvalue weighted by Gasteiger charge is 2.15. The summed E-state index contributed by atoms with van der Waals surface area (Å²) in [6.45, 7) is 1.70. The summed E-state index contributed by atoms with van der Waals surface area (Å²) in [6, 6.07) is 13.5. The van der Waals surface area contributed by atoms with Crippen molar-refractivity contribution in [1.82, 2.24) is 14.8 Å². The molecule has 0 amide bonds. The Morgan fingerprint density at radius 3 is 2.82 bits per heavy atom. The fourth-order valence-corrected chi connectivity index (χ4v) is 3.23. The minimum Gasteiger partial charge on any atom is -0.307 e. The lowest BCUT2D eigenvalue weighted by Gasteiger charge is -2.07. The number of anilines is 1. The van der Waals surface area contributed by atoms with Gasteiger partial charge in [0.1, 0.15) is 11.9 Å². The van der Waals surface area contributed by atoms with E-state index in [1.165, 1.54) is 28.8 Å². The fourth-order valence-electron chi connectivity index (χ4n) is 3.05. The van der Waals surface area contributed by atoms with Crippen LogP contribution >= 0.6 is 11.6 Å². The lowest BCUT2D eigenvalue weighted by atomic mass is 10.1. The summed E-state index contributed by atoms with van der Waals surface area (Å²) < 4.78 is 14.7. The Hall–Kier alpha value is -3.63. The van der Waals surface area contributed by atoms with Crippen LogP contribution in [-0.2, 0) is 0 Å². The van der Waals surface area contributed by atoms with Crippen molar-refractivity contribution in [2.75, 3.05) is 5.43 Å². The fraction of sp³-hybridized carbons (Fsp3) is 0.0500. The Balaban J connectivity index is 1.85. The number of fused-ring (bicyclic) bond motifs is 3. The van der Waals surface area contributed by atoms with E-state index in [0.29, 0.717) is 38.7 Å². The standard InChI is InChI=1S/C20H13ClFN5O/c1-11-13(9-23)19-25-17-4-2-3-5-18(17)27(19)20(28)14(11)10-24-26-12-6-7-16(22)15(21)8-12/h2-8,10,24,26H,1H3. The second kappa shape index (κ2) is 6.83. The maximum Gasteiger partial charge on any atom is 0.265 e. The third kappa shape index (κ3) is 2.80. The monoisotopic (exact) mass is 393 g/mol. The molecule has 138 valence electrons. The van der Waals surface area contributed by atoms with Gasteiger partial charge in [0.2, 0.25) is 0 Å². The van der Waals surface area contributed by atoms with Gasteiger partial charge in [-0.25, -0.2) is 9.37 Å². The van der Waals surface area contributed by atoms with E-state index in [1.807, 2.05) is 12.1 Å². The first kappa shape index (κ1) is 17.8. The van der Waals surface area contributed by atoms with Gasteiger partial charge in [-0.1, -0.05) is 23.7 Å². The average molecular weight is 394 g/mol. The van der Waals surface area contributed by atoms with Gasteiger partial charge in [-0.2, -0.15) is 5.26 Å². The molecular formula is C20H13ClFN5O. The third-order valence-electron chi connectivity index (χ3n) is 4.46. The molecular weight excluding hydrogens is 381 g/mol. The molecule has 0 bridgehead atoms. The van der Waals surface area contributed by atoms with Crippen molar-refractivity contribution in [2.24, 2.45) is 0 Å². The predicted molar refractivity (Wildman–Crippen MR) is 106 cm³/mol. The van der Waals surface area contributed by atoms with E-state index in [9.17, 15) is 14.4 Å². The van der Waals surface area contributed by atoms with Gasteiger partial charge in [0.25, 0.3) is 5.56 Å². The van der Waals surface area contributed by atoms with Gasteiger partial charge < -0.3 is 10.9 Å². The first-order valence-corrected chi connectivity index (χ1v) is 8.69. The molecule has 0 saturated heterocycles. The summed E-state index contributed by atoms with van der Waals surface area (Å²) in [5.41, 5.74) is 8.30. The summed E-state index contributed by atoms with van der Waals surface area (Å²) >= 11 is 5.76. The van der Waals surface area contributed by atoms with Gasteiger partial charge in [0, 0.05) is 6.20 Å². The molecule has 2 N–H and O–H groups in total. The number of imidazole rings is 1. The van der Waals surface area contributed by atoms with E-state index in [-0.39, 0.29) is 10.6 Å². The number of nitrogens with zero attached hydrogens (tertiary/aromatic N) is 3. The highest BCUT2D eigenvalue weighted by atomic mass is 35.5. The van der Waals surface area contributed by atoms with Crippen molar-refractivity contribution >= 4 is 40.2 Å². The molecule has 0 aliphatic heterocycles. The summed E-state index contributed by atoms with van der Waals surface area (Å²) in [6.07, 6.45) is 1.46. The predicted octanol–water partition coefficient (Wildman–Crippen LogP) is 2.89. The topological polar surface area (TPSA) is 82.2 Å². The molecule has 2 heterocycles. The Morgan fingerprint density at radius 2 is 2.07 bits per heavy atom. The number of pyridine rings is 1. The van der Waals surface area contributed by atoms with Gasteiger partial charge in [-0.3, -0.25) is 9.20 Å². The number of aromatic nitrogens is 2. The molecule has 0 atom stereocenters. The smallest absolute Gasteiger partial charge is 0.265 e. The maximum atomic E-state index is 13.3. The van der Waals surface area contributed by atoms with Crippen molar-refractivity contribution in [3.63, 3.8) is 0 Å². The van der Waals surface area contributed by atoms with Crippen LogP contribution in [0.5, 0.6) is 0 Å². The second-order valence-corrected chi connectivity index (χ2v) is 6.54. The van der Waals surface area contributed by atoms with Crippen LogP contribution in [0.4, 0.5) is 10.1 Å². The van der Waals surface area contributed by atoms with Gasteiger partial charge >= 0.3 is 0 Å². The van der Waals surface area contributed by atoms with E-state index in [1.54, 1.807) is 19.1 Å². The summed E-state index contributed by atoms with van der Waals surface area (Å²) in [5, 5.41) is 9.90. The number of nitriles is 1. The van der Waals surface area contributed by atoms with Crippen LogP contribution in [0.25, 0.3) is 22.9 Å². The summed E-state index contributed by atoms with van der Waals surface area (Å²) in [5.74, 6) is -0.523. The number of hydrazine groups is 1. The molecule has 0 aliphatic rings. The molecule has 0 spiro atoms. The van der Waals surface area contributed by atoms with E-state index >= 15 is 0 Å². The minimum atomic E-state index is -0.523. The lowest BCUT2D eigenvalue weighted by molar-refractivity contribution is 0.628. The highest BCUT2D eigenvalue weighted by molar-refractivity contribution is 6.31. The Kier molecular flexibility index (Phi) is 4.34. The van der Waals surface area contributed by atoms with Crippen molar-refractivity contribution in [3.8, 4) is 6.07 Å². The van der Waals surface area contributed by atoms with Crippen LogP contribution in [0.3, 0.4) is 0 Å². The van der Waals surface area contributed by atoms with Gasteiger partial charge in [0.05, 0.1) is 32.5 Å². The van der Waals surface area contributed by atoms with E-state index in [2.05, 4.69) is 21.9 Å². The van der Waals surface area contributed by atoms with Crippen LogP contribution in [0, 0.1) is 24.1 Å². The van der Waals surface area contributed by atoms with E-state index < -0.39 is 5.82 Å². The lowest BCUT2D eigenvalue weighted by Crippen LogP contribution is -2.36. The largest absolute Gasteiger partial charge is 0.307 e. The van der Waals surface area contributed by atoms with Gasteiger partial charge in [-0.05, 0) is 42.8 Å². The normalized spacial score (nSPS) is 11.7. The molecule has 4 rings (SSSR count). The third-order valence-corrected chi connectivity index (χ3v) is 4.75. The number of nitrogens with one attached hydrogen (secondary N) is 2. The molecule has 2 aromatic heterocycles. The number of halogens is 2. The Morgan fingerprint density at radius 1 is 1.29 bits per heavy atom. The van der Waals surface area contributed by atoms with E-state index in [0.717, 1.165) is 0 Å². The number of hydrogen-bond donors (Lipinski definition) is 2. The zero-order chi connectivity index (χ0) is 19.8. The van der Waals surface area contributed by atoms with Crippen LogP contribution in [0.15, 0.2) is 47.3 Å². The first-order valence-electron chi connectivity index (χ1n) is 8.32. The zero-order valence-corrected chi connectivity index (χ0v) is 15.4. The quantitative estimate of drug-likeness (QED) is 0.523. The minimum absolute atomic E-state index is 0.0226. The van der Waals surface area contributed by atoms with E-state index in [4.69, 9.17) is 11.6 Å². The molecule has 0 unspecified atom stereocenters. The molecule has 8 heteroatoms. The van der Waals surface area contributed by atoms with Crippen molar-refractivity contribution in [1.29, 1.82) is 5.26 Å². The number of rotatable bonds is 3. The maximum absolute atomic E-state index is 13.3. The molecule has 0 saturated carbocycles. The van der Waals surface area contributed by atoms with Gasteiger partial charge in [0.15, 0.2) is 5.65 Å². The molecule has 0 radical (unpaired) electrons. The molecule has 6 nitrogen and oxygen atoms in total. The molecule has 2 aromatic carbocycles. The van der Waals surface area contributed by atoms with Crippen LogP contribution in [0.1, 0.15) is 11.1 Å². The summed E-state index contributed by atoms with van der Waals surface area (Å²) in [7, 11) is 0. The van der Waals surface area contributed by atoms with Crippen LogP contribution in [-0.4, -0.2) is 9.38 Å². The number of hydrogen-bond acceptors (Lipinski definition) is 5. The molecule has 28 heavy (non-hydrogen) atoms. The Labute approximate surface area is 163 Å². The highest BCUT2D eigenvalue weighted by Crippen LogP contribution is 2.19. The molecule has 0 aliphatic carbocycles. The number of benzene rings is 2. The van der Waals surface area contributed by atoms with Crippen LogP contribution < -0.4 is 21.6 Å². The summed E-state index contributed by atoms with van der Waals surface area (Å²) in [4.78, 5) is 17.5. The van der Waals surface area contributed by atoms with Crippen molar-refractivity contribution in [2.45, 2.75) is 6.92 Å². The van der Waals surface area contributed by atoms with Crippen molar-refractivity contribution in [3.05, 3.63) is 80.0 Å². The average Bonchev–Trinajstić information content (AvgIpc) is 3.07. The van der Waals surface area contributed by atoms with Gasteiger partial charge in [-0.15, -0.1) is 0 Å².